The van der Waals surface area contributed by atoms with Gasteiger partial charge in [0.05, 0.1) is 17.7 Å². The van der Waals surface area contributed by atoms with E-state index < -0.39 is 0 Å². The molecule has 1 aliphatic heterocycles. The van der Waals surface area contributed by atoms with Crippen LogP contribution in [-0.2, 0) is 11.4 Å². The predicted octanol–water partition coefficient (Wildman–Crippen LogP) is 7.21. The van der Waals surface area contributed by atoms with Gasteiger partial charge in [-0.2, -0.15) is 0 Å². The van der Waals surface area contributed by atoms with E-state index in [0.717, 1.165) is 25.8 Å². The third-order valence-corrected chi connectivity index (χ3v) is 6.98. The van der Waals surface area contributed by atoms with Crippen molar-refractivity contribution in [2.24, 2.45) is 0 Å². The van der Waals surface area contributed by atoms with Crippen molar-refractivity contribution in [3.05, 3.63) is 91.7 Å². The van der Waals surface area contributed by atoms with Crippen molar-refractivity contribution in [3.63, 3.8) is 0 Å². The Hall–Kier alpha value is -2.13. The molecule has 4 rings (SSSR count). The molecule has 3 aromatic rings. The van der Waals surface area contributed by atoms with E-state index in [0.29, 0.717) is 27.3 Å². The van der Waals surface area contributed by atoms with E-state index in [2.05, 4.69) is 31.9 Å². The standard InChI is InChI=1S/C24H17Br2NO3S2/c1-29-21-11-16(7-10-20(21)30-14-15-5-8-17(25)9-6-15)12-22-23(28)27(24(31)32-22)19-4-2-3-18(26)13-19/h2-13H,14H2,1H3/b22-12-. The number of hydrogen-bond donors (Lipinski definition) is 0. The van der Waals surface area contributed by atoms with E-state index >= 15 is 0 Å². The minimum absolute atomic E-state index is 0.146. The Bertz CT molecular complexity index is 1210. The average Bonchev–Trinajstić information content (AvgIpc) is 3.06. The zero-order valence-corrected chi connectivity index (χ0v) is 21.7. The highest BCUT2D eigenvalue weighted by Gasteiger charge is 2.33. The van der Waals surface area contributed by atoms with Crippen LogP contribution in [0.2, 0.25) is 0 Å². The minimum atomic E-state index is -0.146. The van der Waals surface area contributed by atoms with E-state index in [4.69, 9.17) is 21.7 Å². The number of anilines is 1. The summed E-state index contributed by atoms with van der Waals surface area (Å²) in [5.41, 5.74) is 2.61. The van der Waals surface area contributed by atoms with Gasteiger partial charge < -0.3 is 9.47 Å². The molecule has 0 radical (unpaired) electrons. The van der Waals surface area contributed by atoms with Crippen LogP contribution in [0, 0.1) is 0 Å². The third-order valence-electron chi connectivity index (χ3n) is 4.65. The molecule has 4 nitrogen and oxygen atoms in total. The van der Waals surface area contributed by atoms with Crippen LogP contribution in [0.4, 0.5) is 5.69 Å². The van der Waals surface area contributed by atoms with Crippen molar-refractivity contribution in [2.45, 2.75) is 6.61 Å². The number of hydrogen-bond acceptors (Lipinski definition) is 5. The quantitative estimate of drug-likeness (QED) is 0.224. The summed E-state index contributed by atoms with van der Waals surface area (Å²) in [5.74, 6) is 1.08. The van der Waals surface area contributed by atoms with Crippen LogP contribution in [0.3, 0.4) is 0 Å². The molecule has 0 bridgehead atoms. The summed E-state index contributed by atoms with van der Waals surface area (Å²) in [4.78, 5) is 15.1. The molecule has 1 fully saturated rings. The average molecular weight is 591 g/mol. The molecule has 1 heterocycles. The van der Waals surface area contributed by atoms with Crippen molar-refractivity contribution in [1.82, 2.24) is 0 Å². The summed E-state index contributed by atoms with van der Waals surface area (Å²) in [5, 5.41) is 0. The molecule has 8 heteroatoms. The number of halogens is 2. The lowest BCUT2D eigenvalue weighted by Crippen LogP contribution is -2.27. The Morgan fingerprint density at radius 3 is 2.50 bits per heavy atom. The highest BCUT2D eigenvalue weighted by molar-refractivity contribution is 9.10. The van der Waals surface area contributed by atoms with E-state index in [-0.39, 0.29) is 5.91 Å². The molecular formula is C24H17Br2NO3S2. The van der Waals surface area contributed by atoms with Gasteiger partial charge in [0.15, 0.2) is 15.8 Å². The number of rotatable bonds is 6. The van der Waals surface area contributed by atoms with Crippen LogP contribution in [0.25, 0.3) is 6.08 Å². The van der Waals surface area contributed by atoms with Gasteiger partial charge >= 0.3 is 0 Å². The Morgan fingerprint density at radius 2 is 1.78 bits per heavy atom. The summed E-state index contributed by atoms with van der Waals surface area (Å²) in [6, 6.07) is 21.0. The Labute approximate surface area is 212 Å². The maximum absolute atomic E-state index is 13.0. The first-order valence-corrected chi connectivity index (χ1v) is 12.3. The first-order valence-electron chi connectivity index (χ1n) is 9.53. The van der Waals surface area contributed by atoms with E-state index in [1.54, 1.807) is 12.0 Å². The maximum Gasteiger partial charge on any atom is 0.270 e. The van der Waals surface area contributed by atoms with Gasteiger partial charge in [-0.05, 0) is 59.7 Å². The van der Waals surface area contributed by atoms with Gasteiger partial charge in [-0.1, -0.05) is 80.1 Å². The first-order chi connectivity index (χ1) is 15.4. The SMILES string of the molecule is COc1cc(/C=C2\SC(=S)N(c3cccc(Br)c3)C2=O)ccc1OCc1ccc(Br)cc1. The van der Waals surface area contributed by atoms with Gasteiger partial charge in [-0.15, -0.1) is 0 Å². The van der Waals surface area contributed by atoms with E-state index in [1.807, 2.05) is 72.8 Å². The normalized spacial score (nSPS) is 14.8. The molecule has 0 N–H and O–H groups in total. The molecule has 0 atom stereocenters. The monoisotopic (exact) mass is 589 g/mol. The number of thiocarbonyl (C=S) groups is 1. The van der Waals surface area contributed by atoms with E-state index in [9.17, 15) is 4.79 Å². The number of nitrogens with zero attached hydrogens (tertiary/aromatic N) is 1. The van der Waals surface area contributed by atoms with Gasteiger partial charge in [0, 0.05) is 8.95 Å². The molecule has 32 heavy (non-hydrogen) atoms. The van der Waals surface area contributed by atoms with Gasteiger partial charge in [0.25, 0.3) is 5.91 Å². The molecule has 1 saturated heterocycles. The van der Waals surface area contributed by atoms with E-state index in [1.165, 1.54) is 11.8 Å². The number of amides is 1. The van der Waals surface area contributed by atoms with Gasteiger partial charge in [0.2, 0.25) is 0 Å². The summed E-state index contributed by atoms with van der Waals surface area (Å²) in [6.07, 6.45) is 1.82. The molecule has 0 unspecified atom stereocenters. The number of ether oxygens (including phenoxy) is 2. The molecule has 0 spiro atoms. The lowest BCUT2D eigenvalue weighted by Gasteiger charge is -2.14. The Kier molecular flexibility index (Phi) is 7.35. The Balaban J connectivity index is 1.53. The highest BCUT2D eigenvalue weighted by Crippen LogP contribution is 2.38. The second kappa shape index (κ2) is 10.2. The number of thioether (sulfide) groups is 1. The first kappa shape index (κ1) is 23.0. The summed E-state index contributed by atoms with van der Waals surface area (Å²) in [6.45, 7) is 0.425. The second-order valence-electron chi connectivity index (χ2n) is 6.82. The molecule has 0 saturated carbocycles. The van der Waals surface area contributed by atoms with Crippen molar-refractivity contribution >= 4 is 77.8 Å². The molecule has 3 aromatic carbocycles. The van der Waals surface area contributed by atoms with Crippen molar-refractivity contribution in [2.75, 3.05) is 12.0 Å². The highest BCUT2D eigenvalue weighted by atomic mass is 79.9. The molecule has 0 aliphatic carbocycles. The molecular weight excluding hydrogens is 574 g/mol. The minimum Gasteiger partial charge on any atom is -0.493 e. The number of methoxy groups -OCH3 is 1. The van der Waals surface area contributed by atoms with Crippen LogP contribution < -0.4 is 14.4 Å². The summed E-state index contributed by atoms with van der Waals surface area (Å²) in [7, 11) is 1.60. The zero-order valence-electron chi connectivity index (χ0n) is 16.9. The van der Waals surface area contributed by atoms with Crippen molar-refractivity contribution < 1.29 is 14.3 Å². The van der Waals surface area contributed by atoms with Crippen LogP contribution in [-0.4, -0.2) is 17.3 Å². The lowest BCUT2D eigenvalue weighted by molar-refractivity contribution is -0.113. The summed E-state index contributed by atoms with van der Waals surface area (Å²) < 4.78 is 13.9. The van der Waals surface area contributed by atoms with Crippen molar-refractivity contribution in [1.29, 1.82) is 0 Å². The third kappa shape index (κ3) is 5.26. The fraction of sp³-hybridized carbons (Fsp3) is 0.0833. The lowest BCUT2D eigenvalue weighted by atomic mass is 10.1. The topological polar surface area (TPSA) is 38.8 Å². The Morgan fingerprint density at radius 1 is 1.00 bits per heavy atom. The maximum atomic E-state index is 13.0. The van der Waals surface area contributed by atoms with Crippen LogP contribution in [0.15, 0.2) is 80.6 Å². The second-order valence-corrected chi connectivity index (χ2v) is 10.3. The van der Waals surface area contributed by atoms with Gasteiger partial charge in [-0.3, -0.25) is 9.69 Å². The largest absolute Gasteiger partial charge is 0.493 e. The molecule has 162 valence electrons. The van der Waals surface area contributed by atoms with Crippen LogP contribution >= 0.6 is 55.8 Å². The van der Waals surface area contributed by atoms with Gasteiger partial charge in [-0.25, -0.2) is 0 Å². The van der Waals surface area contributed by atoms with Crippen LogP contribution in [0.5, 0.6) is 11.5 Å². The molecule has 1 amide bonds. The van der Waals surface area contributed by atoms with Crippen molar-refractivity contribution in [3.8, 4) is 11.5 Å². The number of benzene rings is 3. The predicted molar refractivity (Wildman–Crippen MR) is 141 cm³/mol. The molecule has 1 aliphatic rings. The fourth-order valence-corrected chi connectivity index (χ4v) is 5.04. The number of carbonyl (C=O) groups excluding carboxylic acids is 1. The zero-order chi connectivity index (χ0) is 22.7. The summed E-state index contributed by atoms with van der Waals surface area (Å²) >= 11 is 13.6. The fourth-order valence-electron chi connectivity index (χ4n) is 3.09. The van der Waals surface area contributed by atoms with Gasteiger partial charge in [0.1, 0.15) is 6.61 Å². The number of carbonyl (C=O) groups is 1. The van der Waals surface area contributed by atoms with Crippen LogP contribution in [0.1, 0.15) is 11.1 Å². The molecule has 0 aromatic heterocycles. The smallest absolute Gasteiger partial charge is 0.270 e.